The molecule has 29 heavy (non-hydrogen) atoms. The first kappa shape index (κ1) is 24.8. The number of aromatic nitrogens is 1. The topological polar surface area (TPSA) is 61.8 Å². The molecule has 2 saturated heterocycles. The van der Waals surface area contributed by atoms with Gasteiger partial charge in [-0.25, -0.2) is 9.98 Å². The van der Waals surface area contributed by atoms with Crippen LogP contribution in [0.2, 0.25) is 0 Å². The number of thiazole rings is 1. The second-order valence-corrected chi connectivity index (χ2v) is 9.96. The number of guanidine groups is 1. The van der Waals surface area contributed by atoms with E-state index >= 15 is 0 Å². The quantitative estimate of drug-likeness (QED) is 0.331. The smallest absolute Gasteiger partial charge is 0.191 e. The first-order valence-electron chi connectivity index (χ1n) is 10.7. The van der Waals surface area contributed by atoms with E-state index in [9.17, 15) is 0 Å². The van der Waals surface area contributed by atoms with E-state index in [2.05, 4.69) is 48.6 Å². The van der Waals surface area contributed by atoms with Crippen molar-refractivity contribution in [1.29, 1.82) is 0 Å². The highest BCUT2D eigenvalue weighted by Crippen LogP contribution is 2.24. The highest BCUT2D eigenvalue weighted by molar-refractivity contribution is 14.0. The maximum atomic E-state index is 5.52. The maximum Gasteiger partial charge on any atom is 0.191 e. The number of nitrogens with one attached hydrogen (secondary N) is 2. The summed E-state index contributed by atoms with van der Waals surface area (Å²) < 4.78 is 5.52. The van der Waals surface area contributed by atoms with Crippen molar-refractivity contribution in [1.82, 2.24) is 20.5 Å². The van der Waals surface area contributed by atoms with Crippen LogP contribution in [0.4, 0.5) is 0 Å². The molecule has 166 valence electrons. The van der Waals surface area contributed by atoms with Gasteiger partial charge in [-0.3, -0.25) is 0 Å². The van der Waals surface area contributed by atoms with Crippen molar-refractivity contribution < 1.29 is 4.74 Å². The van der Waals surface area contributed by atoms with Crippen LogP contribution >= 0.6 is 35.3 Å². The van der Waals surface area contributed by atoms with Crippen molar-refractivity contribution in [2.24, 2.45) is 10.9 Å². The van der Waals surface area contributed by atoms with Gasteiger partial charge in [0, 0.05) is 49.6 Å². The average Bonchev–Trinajstić information content (AvgIpc) is 3.33. The van der Waals surface area contributed by atoms with Gasteiger partial charge in [-0.05, 0) is 32.1 Å². The van der Waals surface area contributed by atoms with Crippen LogP contribution < -0.4 is 10.6 Å². The van der Waals surface area contributed by atoms with E-state index in [-0.39, 0.29) is 29.4 Å². The molecule has 1 unspecified atom stereocenters. The summed E-state index contributed by atoms with van der Waals surface area (Å²) >= 11 is 1.71. The molecule has 3 heterocycles. The number of hydrogen-bond donors (Lipinski definition) is 2. The molecule has 0 aliphatic carbocycles. The number of piperidine rings is 1. The second kappa shape index (κ2) is 11.8. The van der Waals surface area contributed by atoms with Crippen LogP contribution in [-0.4, -0.2) is 61.3 Å². The number of aliphatic imine (C=N–C) groups is 1. The van der Waals surface area contributed by atoms with Crippen LogP contribution in [0.1, 0.15) is 57.7 Å². The summed E-state index contributed by atoms with van der Waals surface area (Å²) in [5, 5.41) is 10.3. The molecule has 2 N–H and O–H groups in total. The van der Waals surface area contributed by atoms with E-state index in [0.717, 1.165) is 55.4 Å². The normalized spacial score (nSPS) is 21.8. The van der Waals surface area contributed by atoms with E-state index in [1.807, 2.05) is 0 Å². The standard InChI is InChI=1S/C21H37N5OS.HI/c1-5-22-20(23-12-19-25-18(15-28-19)21(2,3)4)24-17-6-9-26(10-7-17)13-16-8-11-27-14-16;/h15-17H,5-14H2,1-4H3,(H2,22,23,24);1H. The Labute approximate surface area is 197 Å². The Balaban J connectivity index is 0.00000300. The number of hydrogen-bond acceptors (Lipinski definition) is 5. The zero-order chi connectivity index (χ0) is 20.0. The van der Waals surface area contributed by atoms with Gasteiger partial charge in [-0.2, -0.15) is 0 Å². The zero-order valence-corrected chi connectivity index (χ0v) is 21.5. The molecule has 1 aromatic heterocycles. The van der Waals surface area contributed by atoms with Gasteiger partial charge in [0.25, 0.3) is 0 Å². The maximum absolute atomic E-state index is 5.52. The monoisotopic (exact) mass is 535 g/mol. The van der Waals surface area contributed by atoms with Crippen LogP contribution in [0.3, 0.4) is 0 Å². The van der Waals surface area contributed by atoms with Crippen LogP contribution in [0.5, 0.6) is 0 Å². The predicted molar refractivity (Wildman–Crippen MR) is 133 cm³/mol. The van der Waals surface area contributed by atoms with Gasteiger partial charge < -0.3 is 20.3 Å². The number of rotatable bonds is 6. The summed E-state index contributed by atoms with van der Waals surface area (Å²) in [6.07, 6.45) is 3.57. The largest absolute Gasteiger partial charge is 0.381 e. The van der Waals surface area contributed by atoms with Crippen molar-refractivity contribution in [2.75, 3.05) is 39.4 Å². The molecule has 0 spiro atoms. The molecule has 8 heteroatoms. The summed E-state index contributed by atoms with van der Waals surface area (Å²) in [6, 6.07) is 0.496. The fraction of sp³-hybridized carbons (Fsp3) is 0.810. The third kappa shape index (κ3) is 7.95. The van der Waals surface area contributed by atoms with E-state index in [1.54, 1.807) is 11.3 Å². The molecule has 3 rings (SSSR count). The molecule has 2 aliphatic heterocycles. The Hall–Kier alpha value is -0.450. The molecule has 0 bridgehead atoms. The summed E-state index contributed by atoms with van der Waals surface area (Å²) in [4.78, 5) is 12.1. The van der Waals surface area contributed by atoms with E-state index in [1.165, 1.54) is 25.8 Å². The third-order valence-electron chi connectivity index (χ3n) is 5.51. The lowest BCUT2D eigenvalue weighted by Gasteiger charge is -2.34. The van der Waals surface area contributed by atoms with Gasteiger partial charge in [0.1, 0.15) is 5.01 Å². The predicted octanol–water partition coefficient (Wildman–Crippen LogP) is 3.61. The summed E-state index contributed by atoms with van der Waals surface area (Å²) in [5.41, 5.74) is 1.25. The zero-order valence-electron chi connectivity index (χ0n) is 18.4. The van der Waals surface area contributed by atoms with Crippen LogP contribution in [0.15, 0.2) is 10.4 Å². The number of likely N-dealkylation sites (tertiary alicyclic amines) is 1. The highest BCUT2D eigenvalue weighted by Gasteiger charge is 2.24. The minimum absolute atomic E-state index is 0. The number of halogens is 1. The fourth-order valence-corrected chi connectivity index (χ4v) is 4.68. The molecule has 0 saturated carbocycles. The molecule has 2 fully saturated rings. The van der Waals surface area contributed by atoms with E-state index in [4.69, 9.17) is 14.7 Å². The van der Waals surface area contributed by atoms with E-state index in [0.29, 0.717) is 12.6 Å². The SMILES string of the molecule is CCNC(=NCc1nc(C(C)(C)C)cs1)NC1CCN(CC2CCOC2)CC1.I. The highest BCUT2D eigenvalue weighted by atomic mass is 127. The molecule has 1 aromatic rings. The second-order valence-electron chi connectivity index (χ2n) is 9.02. The van der Waals surface area contributed by atoms with E-state index < -0.39 is 0 Å². The van der Waals surface area contributed by atoms with Crippen molar-refractivity contribution in [2.45, 2.75) is 65.0 Å². The Kier molecular flexibility index (Phi) is 10.1. The van der Waals surface area contributed by atoms with Gasteiger partial charge in [0.15, 0.2) is 5.96 Å². The van der Waals surface area contributed by atoms with Crippen molar-refractivity contribution in [3.05, 3.63) is 16.1 Å². The van der Waals surface area contributed by atoms with Crippen molar-refractivity contribution in [3.63, 3.8) is 0 Å². The molecule has 2 aliphatic rings. The van der Waals surface area contributed by atoms with Gasteiger partial charge >= 0.3 is 0 Å². The third-order valence-corrected chi connectivity index (χ3v) is 6.34. The lowest BCUT2D eigenvalue weighted by atomic mass is 9.93. The van der Waals surface area contributed by atoms with Gasteiger partial charge in [0.05, 0.1) is 18.8 Å². The van der Waals surface area contributed by atoms with Gasteiger partial charge in [-0.15, -0.1) is 35.3 Å². The first-order valence-corrected chi connectivity index (χ1v) is 11.6. The molecule has 0 amide bonds. The summed E-state index contributed by atoms with van der Waals surface area (Å²) in [7, 11) is 0. The minimum Gasteiger partial charge on any atom is -0.381 e. The Bertz CT molecular complexity index is 631. The van der Waals surface area contributed by atoms with Crippen LogP contribution in [0, 0.1) is 5.92 Å². The minimum atomic E-state index is 0. The Morgan fingerprint density at radius 2 is 2.07 bits per heavy atom. The van der Waals surface area contributed by atoms with Crippen LogP contribution in [-0.2, 0) is 16.7 Å². The molecule has 6 nitrogen and oxygen atoms in total. The number of nitrogens with zero attached hydrogens (tertiary/aromatic N) is 3. The first-order chi connectivity index (χ1) is 13.4. The molecule has 0 aromatic carbocycles. The molecule has 0 radical (unpaired) electrons. The summed E-state index contributed by atoms with van der Waals surface area (Å²) in [5.74, 6) is 1.65. The molecule has 1 atom stereocenters. The molecular weight excluding hydrogens is 497 g/mol. The molecular formula is C21H38IN5OS. The fourth-order valence-electron chi connectivity index (χ4n) is 3.74. The van der Waals surface area contributed by atoms with Crippen molar-refractivity contribution >= 4 is 41.3 Å². The average molecular weight is 536 g/mol. The Morgan fingerprint density at radius 1 is 1.31 bits per heavy atom. The summed E-state index contributed by atoms with van der Waals surface area (Å²) in [6.45, 7) is 15.6. The lowest BCUT2D eigenvalue weighted by molar-refractivity contribution is 0.150. The Morgan fingerprint density at radius 3 is 2.66 bits per heavy atom. The van der Waals surface area contributed by atoms with Gasteiger partial charge in [0.2, 0.25) is 0 Å². The van der Waals surface area contributed by atoms with Gasteiger partial charge in [-0.1, -0.05) is 20.8 Å². The van der Waals surface area contributed by atoms with Crippen molar-refractivity contribution in [3.8, 4) is 0 Å². The van der Waals surface area contributed by atoms with Crippen LogP contribution in [0.25, 0.3) is 0 Å². The number of ether oxygens (including phenoxy) is 1. The lowest BCUT2D eigenvalue weighted by Crippen LogP contribution is -2.49.